The molecule has 0 saturated carbocycles. The van der Waals surface area contributed by atoms with Gasteiger partial charge in [0.05, 0.1) is 16.3 Å². The number of ketones is 1. The first-order valence-corrected chi connectivity index (χ1v) is 9.69. The molecule has 1 amide bonds. The minimum Gasteiger partial charge on any atom is -0.301 e. The van der Waals surface area contributed by atoms with E-state index in [0.717, 1.165) is 23.9 Å². The maximum absolute atomic E-state index is 12.2. The van der Waals surface area contributed by atoms with Gasteiger partial charge in [-0.2, -0.15) is 0 Å². The van der Waals surface area contributed by atoms with Crippen LogP contribution in [0.1, 0.15) is 46.0 Å². The van der Waals surface area contributed by atoms with Crippen LogP contribution < -0.4 is 5.32 Å². The molecule has 5 nitrogen and oxygen atoms in total. The van der Waals surface area contributed by atoms with Gasteiger partial charge in [0, 0.05) is 12.0 Å². The van der Waals surface area contributed by atoms with E-state index >= 15 is 0 Å². The Bertz CT molecular complexity index is 828. The second-order valence-corrected chi connectivity index (χ2v) is 8.67. The molecule has 0 atom stereocenters. The molecule has 0 fully saturated rings. The van der Waals surface area contributed by atoms with Crippen molar-refractivity contribution in [3.05, 3.63) is 46.5 Å². The summed E-state index contributed by atoms with van der Waals surface area (Å²) in [5, 5.41) is 2.97. The molecule has 2 aromatic rings. The number of anilines is 1. The van der Waals surface area contributed by atoms with E-state index in [4.69, 9.17) is 0 Å². The number of nitrogens with one attached hydrogen (secondary N) is 1. The number of hydrogen-bond donors (Lipinski definition) is 1. The third kappa shape index (κ3) is 4.35. The molecule has 130 valence electrons. The predicted molar refractivity (Wildman–Crippen MR) is 100 cm³/mol. The molecule has 0 bridgehead atoms. The fourth-order valence-corrected chi connectivity index (χ4v) is 4.29. The number of nitrogens with zero attached hydrogens (tertiary/aromatic N) is 1. The van der Waals surface area contributed by atoms with Crippen LogP contribution in [-0.4, -0.2) is 27.5 Å². The van der Waals surface area contributed by atoms with E-state index in [1.807, 2.05) is 19.9 Å². The average molecular weight is 374 g/mol. The second kappa shape index (κ2) is 7.09. The van der Waals surface area contributed by atoms with Gasteiger partial charge in [-0.1, -0.05) is 67.3 Å². The van der Waals surface area contributed by atoms with Gasteiger partial charge in [-0.3, -0.25) is 14.4 Å². The lowest BCUT2D eigenvalue weighted by atomic mass is 9.78. The van der Waals surface area contributed by atoms with Gasteiger partial charge in [-0.05, 0) is 11.8 Å². The van der Waals surface area contributed by atoms with Gasteiger partial charge in [0.2, 0.25) is 11.0 Å². The number of carbonyl (C=O) groups excluding carboxylic acids is 3. The molecule has 1 N–H and O–H groups in total. The van der Waals surface area contributed by atoms with E-state index < -0.39 is 0 Å². The maximum atomic E-state index is 12.2. The maximum Gasteiger partial charge on any atom is 0.236 e. The summed E-state index contributed by atoms with van der Waals surface area (Å²) >= 11 is 2.17. The number of amides is 1. The number of Topliss-reactive ketones (excluding diaryl/α,β-unsaturated/α-hetero) is 1. The van der Waals surface area contributed by atoms with Crippen LogP contribution in [0.4, 0.5) is 5.13 Å². The molecule has 25 heavy (non-hydrogen) atoms. The standard InChI is InChI=1S/C18H18N2O3S2/c1-18(2)8-12-15(13(21)9-18)25-17(19-12)20-14(22)10-24-16(23)11-6-4-3-5-7-11/h3-7H,8-10H2,1-2H3,(H,19,20,22). The van der Waals surface area contributed by atoms with Crippen LogP contribution in [0.2, 0.25) is 0 Å². The van der Waals surface area contributed by atoms with Crippen LogP contribution in [-0.2, 0) is 11.2 Å². The van der Waals surface area contributed by atoms with Gasteiger partial charge in [0.1, 0.15) is 0 Å². The monoisotopic (exact) mass is 374 g/mol. The molecule has 0 radical (unpaired) electrons. The fourth-order valence-electron chi connectivity index (χ4n) is 2.72. The third-order valence-corrected chi connectivity index (χ3v) is 5.78. The summed E-state index contributed by atoms with van der Waals surface area (Å²) in [7, 11) is 0. The average Bonchev–Trinajstić information content (AvgIpc) is 2.94. The Kier molecular flexibility index (Phi) is 5.06. The second-order valence-electron chi connectivity index (χ2n) is 6.73. The van der Waals surface area contributed by atoms with Gasteiger partial charge >= 0.3 is 0 Å². The molecule has 1 aromatic carbocycles. The predicted octanol–water partition coefficient (Wildman–Crippen LogP) is 3.81. The Morgan fingerprint density at radius 3 is 2.68 bits per heavy atom. The van der Waals surface area contributed by atoms with Crippen molar-refractivity contribution in [2.45, 2.75) is 26.7 Å². The van der Waals surface area contributed by atoms with Crippen molar-refractivity contribution in [2.24, 2.45) is 5.41 Å². The van der Waals surface area contributed by atoms with E-state index in [1.54, 1.807) is 24.3 Å². The van der Waals surface area contributed by atoms with E-state index in [1.165, 1.54) is 11.3 Å². The number of rotatable bonds is 4. The fraction of sp³-hybridized carbons (Fsp3) is 0.333. The minimum absolute atomic E-state index is 0.0113. The first kappa shape index (κ1) is 17.8. The Morgan fingerprint density at radius 1 is 1.24 bits per heavy atom. The molecule has 0 spiro atoms. The van der Waals surface area contributed by atoms with E-state index in [9.17, 15) is 14.4 Å². The molecule has 0 aliphatic heterocycles. The molecular weight excluding hydrogens is 356 g/mol. The summed E-state index contributed by atoms with van der Waals surface area (Å²) in [4.78, 5) is 41.3. The van der Waals surface area contributed by atoms with E-state index in [-0.39, 0.29) is 28.0 Å². The van der Waals surface area contributed by atoms with E-state index in [0.29, 0.717) is 22.0 Å². The summed E-state index contributed by atoms with van der Waals surface area (Å²) in [6, 6.07) is 8.84. The molecule has 0 unspecified atom stereocenters. The van der Waals surface area contributed by atoms with Crippen molar-refractivity contribution in [3.8, 4) is 0 Å². The molecule has 3 rings (SSSR count). The first-order chi connectivity index (χ1) is 11.8. The van der Waals surface area contributed by atoms with Crippen molar-refractivity contribution in [2.75, 3.05) is 11.1 Å². The lowest BCUT2D eigenvalue weighted by Crippen LogP contribution is -2.26. The highest BCUT2D eigenvalue weighted by Gasteiger charge is 2.34. The van der Waals surface area contributed by atoms with Crippen molar-refractivity contribution < 1.29 is 14.4 Å². The Labute approximate surface area is 154 Å². The van der Waals surface area contributed by atoms with Crippen LogP contribution >= 0.6 is 23.1 Å². The highest BCUT2D eigenvalue weighted by Crippen LogP contribution is 2.38. The number of thioether (sulfide) groups is 1. The van der Waals surface area contributed by atoms with Gasteiger partial charge in [0.15, 0.2) is 10.9 Å². The van der Waals surface area contributed by atoms with Gasteiger partial charge in [-0.15, -0.1) is 0 Å². The number of carbonyl (C=O) groups is 3. The van der Waals surface area contributed by atoms with Crippen LogP contribution in [0.25, 0.3) is 0 Å². The molecule has 1 aliphatic carbocycles. The van der Waals surface area contributed by atoms with E-state index in [2.05, 4.69) is 10.3 Å². The van der Waals surface area contributed by atoms with Crippen molar-refractivity contribution in [1.82, 2.24) is 4.98 Å². The summed E-state index contributed by atoms with van der Waals surface area (Å²) in [5.41, 5.74) is 1.23. The number of benzene rings is 1. The van der Waals surface area contributed by atoms with Crippen LogP contribution in [0.15, 0.2) is 30.3 Å². The van der Waals surface area contributed by atoms with Crippen LogP contribution in [0.3, 0.4) is 0 Å². The SMILES string of the molecule is CC1(C)CC(=O)c2sc(NC(=O)CSC(=O)c3ccccc3)nc2C1. The Hall–Kier alpha value is -1.99. The summed E-state index contributed by atoms with van der Waals surface area (Å²) in [5.74, 6) is -0.206. The normalized spacial score (nSPS) is 15.5. The zero-order valence-corrected chi connectivity index (χ0v) is 15.6. The van der Waals surface area contributed by atoms with Gasteiger partial charge in [0.25, 0.3) is 0 Å². The summed E-state index contributed by atoms with van der Waals surface area (Å²) < 4.78 is 0. The Morgan fingerprint density at radius 2 is 1.96 bits per heavy atom. The highest BCUT2D eigenvalue weighted by atomic mass is 32.2. The number of hydrogen-bond acceptors (Lipinski definition) is 6. The Balaban J connectivity index is 1.59. The zero-order chi connectivity index (χ0) is 18.0. The smallest absolute Gasteiger partial charge is 0.236 e. The molecule has 0 saturated heterocycles. The summed E-state index contributed by atoms with van der Waals surface area (Å²) in [6.45, 7) is 4.08. The molecular formula is C18H18N2O3S2. The molecule has 1 aromatic heterocycles. The topological polar surface area (TPSA) is 76.1 Å². The molecule has 7 heteroatoms. The highest BCUT2D eigenvalue weighted by molar-refractivity contribution is 8.14. The number of aromatic nitrogens is 1. The molecule has 1 heterocycles. The number of thiazole rings is 1. The molecule has 1 aliphatic rings. The van der Waals surface area contributed by atoms with Crippen molar-refractivity contribution in [1.29, 1.82) is 0 Å². The quantitative estimate of drug-likeness (QED) is 0.881. The third-order valence-electron chi connectivity index (χ3n) is 3.83. The number of fused-ring (bicyclic) bond motifs is 1. The van der Waals surface area contributed by atoms with Crippen LogP contribution in [0, 0.1) is 5.41 Å². The zero-order valence-electron chi connectivity index (χ0n) is 14.0. The van der Waals surface area contributed by atoms with Gasteiger partial charge in [-0.25, -0.2) is 4.98 Å². The lowest BCUT2D eigenvalue weighted by Gasteiger charge is -2.26. The van der Waals surface area contributed by atoms with Gasteiger partial charge < -0.3 is 5.32 Å². The summed E-state index contributed by atoms with van der Waals surface area (Å²) in [6.07, 6.45) is 1.22. The van der Waals surface area contributed by atoms with Crippen LogP contribution in [0.5, 0.6) is 0 Å². The first-order valence-electron chi connectivity index (χ1n) is 7.89. The largest absolute Gasteiger partial charge is 0.301 e. The lowest BCUT2D eigenvalue weighted by molar-refractivity contribution is -0.113. The van der Waals surface area contributed by atoms with Crippen molar-refractivity contribution >= 4 is 45.0 Å². The van der Waals surface area contributed by atoms with Crippen molar-refractivity contribution in [3.63, 3.8) is 0 Å². The minimum atomic E-state index is -0.299.